The van der Waals surface area contributed by atoms with Crippen LogP contribution in [0, 0.1) is 11.8 Å². The smallest absolute Gasteiger partial charge is 0.247 e. The summed E-state index contributed by atoms with van der Waals surface area (Å²) in [7, 11) is 0. The number of benzene rings is 2. The molecule has 2 N–H and O–H groups in total. The zero-order valence-electron chi connectivity index (χ0n) is 32.9. The third kappa shape index (κ3) is 10.2. The number of hydrogen-bond donors (Lipinski definition) is 2. The highest BCUT2D eigenvalue weighted by atomic mass is 16.5. The van der Waals surface area contributed by atoms with Gasteiger partial charge in [-0.15, -0.1) is 0 Å². The van der Waals surface area contributed by atoms with Gasteiger partial charge in [-0.3, -0.25) is 19.2 Å². The Balaban J connectivity index is 0.954. The molecule has 0 radical (unpaired) electrons. The fraction of sp³-hybridized carbons (Fsp3) is 0.558. The molecule has 294 valence electrons. The van der Waals surface area contributed by atoms with Gasteiger partial charge in [0.25, 0.3) is 0 Å². The summed E-state index contributed by atoms with van der Waals surface area (Å²) >= 11 is 0. The molecule has 2 aliphatic heterocycles. The number of likely N-dealkylation sites (tertiary alicyclic amines) is 2. The Morgan fingerprint density at radius 3 is 1.49 bits per heavy atom. The number of aromatic nitrogens is 1. The van der Waals surface area contributed by atoms with Gasteiger partial charge in [-0.25, -0.2) is 4.98 Å². The first kappa shape index (κ1) is 38.7. The molecule has 4 amide bonds. The minimum absolute atomic E-state index is 0.0184. The van der Waals surface area contributed by atoms with Crippen LogP contribution < -0.4 is 10.6 Å². The maximum Gasteiger partial charge on any atom is 0.247 e. The summed E-state index contributed by atoms with van der Waals surface area (Å²) in [6.45, 7) is 12.7. The number of anilines is 2. The highest BCUT2D eigenvalue weighted by Crippen LogP contribution is 2.36. The van der Waals surface area contributed by atoms with Gasteiger partial charge in [0, 0.05) is 61.3 Å². The van der Waals surface area contributed by atoms with Crippen LogP contribution in [0.25, 0.3) is 22.8 Å². The number of nitrogens with one attached hydrogen (secondary N) is 2. The lowest BCUT2D eigenvalue weighted by Gasteiger charge is -2.25. The minimum Gasteiger partial charge on any atom is -0.436 e. The Morgan fingerprint density at radius 1 is 0.673 bits per heavy atom. The minimum atomic E-state index is -0.591. The molecule has 4 fully saturated rings. The van der Waals surface area contributed by atoms with Crippen LogP contribution in [-0.2, 0) is 28.7 Å². The van der Waals surface area contributed by atoms with E-state index in [4.69, 9.17) is 13.9 Å². The van der Waals surface area contributed by atoms with Gasteiger partial charge in [-0.1, -0.05) is 0 Å². The Labute approximate surface area is 323 Å². The van der Waals surface area contributed by atoms with Crippen LogP contribution in [0.4, 0.5) is 11.4 Å². The van der Waals surface area contributed by atoms with Crippen molar-refractivity contribution >= 4 is 35.0 Å². The normalized spacial score (nSPS) is 22.9. The molecular formula is C43H55N5O7. The highest BCUT2D eigenvalue weighted by molar-refractivity contribution is 5.98. The van der Waals surface area contributed by atoms with Crippen molar-refractivity contribution < 1.29 is 33.1 Å². The zero-order valence-corrected chi connectivity index (χ0v) is 32.9. The zero-order chi connectivity index (χ0) is 39.1. The molecular weight excluding hydrogens is 699 g/mol. The average Bonchev–Trinajstić information content (AvgIpc) is 3.95. The molecule has 2 saturated heterocycles. The quantitative estimate of drug-likeness (QED) is 0.200. The third-order valence-corrected chi connectivity index (χ3v) is 10.5. The molecule has 55 heavy (non-hydrogen) atoms. The van der Waals surface area contributed by atoms with Crippen LogP contribution in [0.5, 0.6) is 0 Å². The predicted octanol–water partition coefficient (Wildman–Crippen LogP) is 7.06. The number of rotatable bonds is 12. The second-order valence-electron chi connectivity index (χ2n) is 17.8. The number of ether oxygens (including phenoxy) is 2. The summed E-state index contributed by atoms with van der Waals surface area (Å²) in [5.41, 5.74) is 2.00. The number of amides is 4. The predicted molar refractivity (Wildman–Crippen MR) is 209 cm³/mol. The molecule has 1 aromatic heterocycles. The summed E-state index contributed by atoms with van der Waals surface area (Å²) in [5.74, 6) is 1.43. The van der Waals surface area contributed by atoms with Crippen molar-refractivity contribution in [2.24, 2.45) is 11.8 Å². The fourth-order valence-electron chi connectivity index (χ4n) is 7.59. The van der Waals surface area contributed by atoms with E-state index >= 15 is 0 Å². The molecule has 3 heterocycles. The molecule has 0 spiro atoms. The Hall–Kier alpha value is -4.55. The number of carbonyl (C=O) groups is 4. The van der Waals surface area contributed by atoms with E-state index in [0.717, 1.165) is 36.8 Å². The van der Waals surface area contributed by atoms with Crippen molar-refractivity contribution in [2.75, 3.05) is 23.7 Å². The van der Waals surface area contributed by atoms with E-state index in [2.05, 4.69) is 15.6 Å². The lowest BCUT2D eigenvalue weighted by Crippen LogP contribution is -2.43. The standard InChI is InChI=1S/C43H55N5O7/c1-42(2,3)54-32-21-34(47(24-32)37(49)19-26-7-8-26)39(51)45-30-15-11-28(12-16-30)36-23-44-41(53-36)29-13-17-31(18-14-29)46-40(52)35-22-33(55-43(4,5)6)25-48(35)38(50)20-27-9-10-27/h11-18,23,26-27,32-35H,7-10,19-22,24-25H2,1-6H3,(H,45,51)(H,46,52)/t32-,33-,34+,35+/m1/s1. The van der Waals surface area contributed by atoms with Crippen LogP contribution in [0.15, 0.2) is 59.1 Å². The molecule has 0 unspecified atom stereocenters. The first-order chi connectivity index (χ1) is 26.1. The molecule has 2 aliphatic carbocycles. The van der Waals surface area contributed by atoms with Crippen LogP contribution in [-0.4, -0.2) is 87.0 Å². The second-order valence-corrected chi connectivity index (χ2v) is 17.8. The largest absolute Gasteiger partial charge is 0.436 e. The Kier molecular flexibility index (Phi) is 10.9. The van der Waals surface area contributed by atoms with E-state index in [1.807, 2.05) is 77.9 Å². The highest BCUT2D eigenvalue weighted by Gasteiger charge is 2.44. The monoisotopic (exact) mass is 753 g/mol. The SMILES string of the molecule is CC(C)(C)O[C@@H]1C[C@@H](C(=O)Nc2ccc(-c3cnc(-c4ccc(NC(=O)[C@@H]5C[C@@H](OC(C)(C)C)CN5C(=O)CC5CC5)cc4)o3)cc2)N(C(=O)CC2CC2)C1. The summed E-state index contributed by atoms with van der Waals surface area (Å²) in [4.78, 5) is 61.2. The van der Waals surface area contributed by atoms with Crippen LogP contribution in [0.1, 0.15) is 92.9 Å². The van der Waals surface area contributed by atoms with Crippen molar-refractivity contribution in [2.45, 2.75) is 128 Å². The van der Waals surface area contributed by atoms with Gasteiger partial charge in [0.2, 0.25) is 29.5 Å². The second kappa shape index (κ2) is 15.5. The number of nitrogens with zero attached hydrogens (tertiary/aromatic N) is 3. The van der Waals surface area contributed by atoms with Crippen LogP contribution in [0.3, 0.4) is 0 Å². The van der Waals surface area contributed by atoms with Crippen molar-refractivity contribution in [3.8, 4) is 22.8 Å². The van der Waals surface area contributed by atoms with Crippen molar-refractivity contribution in [1.82, 2.24) is 14.8 Å². The lowest BCUT2D eigenvalue weighted by molar-refractivity contribution is -0.137. The van der Waals surface area contributed by atoms with Gasteiger partial charge in [-0.05, 0) is 128 Å². The molecule has 7 rings (SSSR count). The fourth-order valence-corrected chi connectivity index (χ4v) is 7.59. The maximum absolute atomic E-state index is 13.5. The number of oxazole rings is 1. The topological polar surface area (TPSA) is 143 Å². The molecule has 2 saturated carbocycles. The Morgan fingerprint density at radius 2 is 1.09 bits per heavy atom. The van der Waals surface area contributed by atoms with E-state index in [9.17, 15) is 19.2 Å². The van der Waals surface area contributed by atoms with Crippen LogP contribution >= 0.6 is 0 Å². The summed E-state index contributed by atoms with van der Waals surface area (Å²) in [5, 5.41) is 6.01. The van der Waals surface area contributed by atoms with E-state index in [-0.39, 0.29) is 47.0 Å². The van der Waals surface area contributed by atoms with Crippen molar-refractivity contribution in [3.63, 3.8) is 0 Å². The van der Waals surface area contributed by atoms with Gasteiger partial charge in [0.15, 0.2) is 5.76 Å². The summed E-state index contributed by atoms with van der Waals surface area (Å²) in [6, 6.07) is 13.4. The van der Waals surface area contributed by atoms with E-state index in [1.165, 1.54) is 0 Å². The van der Waals surface area contributed by atoms with E-state index in [0.29, 0.717) is 73.6 Å². The average molecular weight is 754 g/mol. The molecule has 4 aliphatic rings. The molecule has 0 bridgehead atoms. The summed E-state index contributed by atoms with van der Waals surface area (Å²) < 4.78 is 18.5. The van der Waals surface area contributed by atoms with Crippen molar-refractivity contribution in [1.29, 1.82) is 0 Å². The van der Waals surface area contributed by atoms with Gasteiger partial charge in [0.05, 0.1) is 29.6 Å². The molecule has 12 nitrogen and oxygen atoms in total. The van der Waals surface area contributed by atoms with Gasteiger partial charge >= 0.3 is 0 Å². The van der Waals surface area contributed by atoms with Gasteiger partial charge < -0.3 is 34.3 Å². The first-order valence-corrected chi connectivity index (χ1v) is 19.8. The maximum atomic E-state index is 13.5. The molecule has 12 heteroatoms. The van der Waals surface area contributed by atoms with E-state index < -0.39 is 12.1 Å². The molecule has 2 aromatic carbocycles. The summed E-state index contributed by atoms with van der Waals surface area (Å²) in [6.07, 6.45) is 7.42. The lowest BCUT2D eigenvalue weighted by atomic mass is 10.1. The molecule has 3 aromatic rings. The van der Waals surface area contributed by atoms with E-state index in [1.54, 1.807) is 28.1 Å². The van der Waals surface area contributed by atoms with Gasteiger partial charge in [0.1, 0.15) is 12.1 Å². The van der Waals surface area contributed by atoms with Crippen molar-refractivity contribution in [3.05, 3.63) is 54.7 Å². The molecule has 4 atom stereocenters. The van der Waals surface area contributed by atoms with Crippen LogP contribution in [0.2, 0.25) is 0 Å². The third-order valence-electron chi connectivity index (χ3n) is 10.5. The number of hydrogen-bond acceptors (Lipinski definition) is 8. The Bertz CT molecular complexity index is 1730. The van der Waals surface area contributed by atoms with Gasteiger partial charge in [-0.2, -0.15) is 0 Å². The first-order valence-electron chi connectivity index (χ1n) is 19.8. The number of carbonyl (C=O) groups excluding carboxylic acids is 4.